The molecule has 0 atom stereocenters. The maximum Gasteiger partial charge on any atom is 0.406 e. The highest BCUT2D eigenvalue weighted by Gasteiger charge is 2.28. The molecule has 1 heterocycles. The standard InChI is InChI=1S/C34H29BN2/c1-20-11-12-21(2)27-17-25(15-16-26(20)27)30-18-28-22(3)13-14-23(4)29(28)19-31(30)35-36-32-9-5-7-24-8-6-10-33(37-35)34(24)32/h5-19,36-37H,1-4H3. The van der Waals surface area contributed by atoms with Crippen LogP contribution in [0.4, 0.5) is 11.4 Å². The molecule has 0 aromatic heterocycles. The number of benzene rings is 6. The van der Waals surface area contributed by atoms with Gasteiger partial charge in [-0.3, -0.25) is 0 Å². The van der Waals surface area contributed by atoms with Gasteiger partial charge in [0.1, 0.15) is 0 Å². The van der Waals surface area contributed by atoms with Gasteiger partial charge in [-0.25, -0.2) is 0 Å². The summed E-state index contributed by atoms with van der Waals surface area (Å²) in [6.45, 7) is 8.79. The van der Waals surface area contributed by atoms with Crippen LogP contribution in [-0.2, 0) is 0 Å². The predicted molar refractivity (Wildman–Crippen MR) is 162 cm³/mol. The van der Waals surface area contributed by atoms with Crippen molar-refractivity contribution in [2.24, 2.45) is 0 Å². The Labute approximate surface area is 218 Å². The molecule has 0 aliphatic carbocycles. The zero-order valence-corrected chi connectivity index (χ0v) is 21.7. The fraction of sp³-hybridized carbons (Fsp3) is 0.118. The summed E-state index contributed by atoms with van der Waals surface area (Å²) in [4.78, 5) is 0. The average molecular weight is 476 g/mol. The molecule has 37 heavy (non-hydrogen) atoms. The van der Waals surface area contributed by atoms with Crippen molar-refractivity contribution in [3.05, 3.63) is 113 Å². The van der Waals surface area contributed by atoms with Crippen LogP contribution in [0, 0.1) is 27.7 Å². The molecule has 3 heteroatoms. The number of fused-ring (bicyclic) bond motifs is 2. The third-order valence-corrected chi connectivity index (χ3v) is 8.20. The normalized spacial score (nSPS) is 12.7. The van der Waals surface area contributed by atoms with Gasteiger partial charge in [0.25, 0.3) is 0 Å². The minimum Gasteiger partial charge on any atom is -0.405 e. The van der Waals surface area contributed by atoms with Gasteiger partial charge in [0.05, 0.1) is 0 Å². The van der Waals surface area contributed by atoms with E-state index in [-0.39, 0.29) is 6.98 Å². The van der Waals surface area contributed by atoms with Crippen molar-refractivity contribution in [3.63, 3.8) is 0 Å². The molecule has 0 unspecified atom stereocenters. The molecule has 178 valence electrons. The third-order valence-electron chi connectivity index (χ3n) is 8.20. The van der Waals surface area contributed by atoms with E-state index in [0.29, 0.717) is 0 Å². The molecule has 0 spiro atoms. The number of aryl methyl sites for hydroxylation is 4. The van der Waals surface area contributed by atoms with Gasteiger partial charge in [-0.1, -0.05) is 66.7 Å². The monoisotopic (exact) mass is 476 g/mol. The minimum absolute atomic E-state index is 0.0471. The minimum atomic E-state index is -0.0471. The lowest BCUT2D eigenvalue weighted by atomic mass is 9.62. The van der Waals surface area contributed by atoms with Crippen molar-refractivity contribution in [2.45, 2.75) is 27.7 Å². The third kappa shape index (κ3) is 3.42. The smallest absolute Gasteiger partial charge is 0.405 e. The number of hydrogen-bond donors (Lipinski definition) is 2. The second kappa shape index (κ2) is 8.14. The van der Waals surface area contributed by atoms with Crippen molar-refractivity contribution in [2.75, 3.05) is 10.5 Å². The first-order valence-corrected chi connectivity index (χ1v) is 13.1. The summed E-state index contributed by atoms with van der Waals surface area (Å²) < 4.78 is 0. The van der Waals surface area contributed by atoms with Crippen molar-refractivity contribution < 1.29 is 0 Å². The summed E-state index contributed by atoms with van der Waals surface area (Å²) in [5.41, 5.74) is 11.4. The van der Waals surface area contributed by atoms with Crippen LogP contribution in [0.1, 0.15) is 22.3 Å². The Morgan fingerprint density at radius 2 is 1.05 bits per heavy atom. The molecule has 0 saturated heterocycles. The second-order valence-corrected chi connectivity index (χ2v) is 10.6. The summed E-state index contributed by atoms with van der Waals surface area (Å²) in [6, 6.07) is 33.7. The second-order valence-electron chi connectivity index (χ2n) is 10.6. The van der Waals surface area contributed by atoms with E-state index in [1.807, 2.05) is 0 Å². The zero-order valence-electron chi connectivity index (χ0n) is 21.7. The van der Waals surface area contributed by atoms with Crippen LogP contribution in [0.5, 0.6) is 0 Å². The van der Waals surface area contributed by atoms with Gasteiger partial charge < -0.3 is 10.5 Å². The Kier molecular flexibility index (Phi) is 4.84. The lowest BCUT2D eigenvalue weighted by Crippen LogP contribution is -2.48. The Balaban J connectivity index is 1.48. The predicted octanol–water partition coefficient (Wildman–Crippen LogP) is 8.28. The first-order valence-electron chi connectivity index (χ1n) is 13.1. The number of hydrogen-bond acceptors (Lipinski definition) is 2. The van der Waals surface area contributed by atoms with Gasteiger partial charge in [-0.2, -0.15) is 0 Å². The number of anilines is 2. The highest BCUT2D eigenvalue weighted by atomic mass is 15.0. The first-order chi connectivity index (χ1) is 18.0. The molecule has 0 saturated carbocycles. The van der Waals surface area contributed by atoms with E-state index in [4.69, 9.17) is 0 Å². The molecule has 0 bridgehead atoms. The van der Waals surface area contributed by atoms with Crippen LogP contribution in [0.15, 0.2) is 91.0 Å². The van der Waals surface area contributed by atoms with Crippen molar-refractivity contribution in [1.82, 2.24) is 0 Å². The molecule has 7 rings (SSSR count). The number of rotatable bonds is 2. The maximum atomic E-state index is 3.83. The lowest BCUT2D eigenvalue weighted by Gasteiger charge is -2.28. The highest BCUT2D eigenvalue weighted by Crippen LogP contribution is 2.36. The van der Waals surface area contributed by atoms with Crippen molar-refractivity contribution in [3.8, 4) is 11.1 Å². The molecular weight excluding hydrogens is 447 g/mol. The Hall–Kier alpha value is -4.24. The van der Waals surface area contributed by atoms with E-state index < -0.39 is 0 Å². The van der Waals surface area contributed by atoms with E-state index in [1.54, 1.807) is 0 Å². The van der Waals surface area contributed by atoms with Gasteiger partial charge in [-0.15, -0.1) is 0 Å². The summed E-state index contributed by atoms with van der Waals surface area (Å²) >= 11 is 0. The number of nitrogens with one attached hydrogen (secondary N) is 2. The highest BCUT2D eigenvalue weighted by molar-refractivity contribution is 6.81. The van der Waals surface area contributed by atoms with Crippen LogP contribution in [0.2, 0.25) is 0 Å². The zero-order chi connectivity index (χ0) is 25.3. The van der Waals surface area contributed by atoms with Gasteiger partial charge >= 0.3 is 6.98 Å². The van der Waals surface area contributed by atoms with Crippen LogP contribution in [-0.4, -0.2) is 6.98 Å². The lowest BCUT2D eigenvalue weighted by molar-refractivity contribution is 1.45. The Morgan fingerprint density at radius 1 is 0.514 bits per heavy atom. The van der Waals surface area contributed by atoms with Gasteiger partial charge in [0, 0.05) is 16.8 Å². The molecule has 1 aliphatic heterocycles. The Morgan fingerprint density at radius 3 is 1.68 bits per heavy atom. The molecule has 2 N–H and O–H groups in total. The Bertz CT molecular complexity index is 1850. The van der Waals surface area contributed by atoms with Crippen LogP contribution in [0.25, 0.3) is 43.4 Å². The van der Waals surface area contributed by atoms with Crippen LogP contribution in [0.3, 0.4) is 0 Å². The quantitative estimate of drug-likeness (QED) is 0.246. The van der Waals surface area contributed by atoms with Crippen molar-refractivity contribution >= 4 is 56.1 Å². The molecular formula is C34H29BN2. The maximum absolute atomic E-state index is 3.83. The largest absolute Gasteiger partial charge is 0.406 e. The van der Waals surface area contributed by atoms with Crippen LogP contribution < -0.4 is 15.9 Å². The van der Waals surface area contributed by atoms with Crippen molar-refractivity contribution in [1.29, 1.82) is 0 Å². The molecule has 0 amide bonds. The summed E-state index contributed by atoms with van der Waals surface area (Å²) in [5, 5.41) is 15.5. The fourth-order valence-corrected chi connectivity index (χ4v) is 6.08. The first kappa shape index (κ1) is 22.0. The molecule has 2 nitrogen and oxygen atoms in total. The fourth-order valence-electron chi connectivity index (χ4n) is 6.08. The molecule has 0 radical (unpaired) electrons. The van der Waals surface area contributed by atoms with Gasteiger partial charge in [0.2, 0.25) is 0 Å². The summed E-state index contributed by atoms with van der Waals surface area (Å²) in [5.74, 6) is 0. The van der Waals surface area contributed by atoms with E-state index in [1.165, 1.54) is 82.5 Å². The van der Waals surface area contributed by atoms with E-state index in [9.17, 15) is 0 Å². The average Bonchev–Trinajstić information content (AvgIpc) is 2.92. The molecule has 6 aromatic carbocycles. The summed E-state index contributed by atoms with van der Waals surface area (Å²) in [7, 11) is 0. The molecule has 0 fully saturated rings. The van der Waals surface area contributed by atoms with E-state index in [0.717, 1.165) is 0 Å². The SMILES string of the molecule is Cc1ccc(C)c2cc(-c3cc4c(C)ccc(C)c4cc3B3Nc4cccc5cccc(c45)N3)ccc12. The van der Waals surface area contributed by atoms with Gasteiger partial charge in [-0.05, 0) is 118 Å². The summed E-state index contributed by atoms with van der Waals surface area (Å²) in [6.07, 6.45) is 0. The molecule has 1 aliphatic rings. The van der Waals surface area contributed by atoms with E-state index >= 15 is 0 Å². The van der Waals surface area contributed by atoms with Gasteiger partial charge in [0.15, 0.2) is 0 Å². The topological polar surface area (TPSA) is 24.1 Å². The van der Waals surface area contributed by atoms with Crippen LogP contribution >= 0.6 is 0 Å². The van der Waals surface area contributed by atoms with E-state index in [2.05, 4.69) is 129 Å². The molecule has 6 aromatic rings.